The van der Waals surface area contributed by atoms with Crippen molar-refractivity contribution in [1.82, 2.24) is 10.2 Å². The lowest BCUT2D eigenvalue weighted by Crippen LogP contribution is -2.51. The highest BCUT2D eigenvalue weighted by Crippen LogP contribution is 2.40. The fourth-order valence-electron chi connectivity index (χ4n) is 4.00. The van der Waals surface area contributed by atoms with Crippen molar-refractivity contribution in [3.63, 3.8) is 0 Å². The zero-order valence-corrected chi connectivity index (χ0v) is 14.2. The van der Waals surface area contributed by atoms with Crippen molar-refractivity contribution in [3.05, 3.63) is 0 Å². The quantitative estimate of drug-likeness (QED) is 0.642. The lowest BCUT2D eigenvalue weighted by molar-refractivity contribution is 0.0282. The summed E-state index contributed by atoms with van der Waals surface area (Å²) in [7, 11) is 0. The first-order chi connectivity index (χ1) is 10.2. The Bertz CT molecular complexity index is 283. The topological polar surface area (TPSA) is 35.5 Å². The zero-order chi connectivity index (χ0) is 15.1. The smallest absolute Gasteiger partial charge is 0.0558 e. The van der Waals surface area contributed by atoms with Crippen LogP contribution in [-0.4, -0.2) is 48.8 Å². The van der Waals surface area contributed by atoms with Gasteiger partial charge in [0.2, 0.25) is 0 Å². The van der Waals surface area contributed by atoms with E-state index in [2.05, 4.69) is 24.1 Å². The van der Waals surface area contributed by atoms with Crippen molar-refractivity contribution in [3.8, 4) is 0 Å². The predicted molar refractivity (Wildman–Crippen MR) is 89.5 cm³/mol. The Balaban J connectivity index is 1.95. The van der Waals surface area contributed by atoms with Gasteiger partial charge in [-0.15, -0.1) is 0 Å². The standard InChI is InChI=1S/C18H36N2O/c1-3-11-19-14-18(9-7-16(2)8-10-18)15-20(12-13-21)17-5-4-6-17/h16-17,19,21H,3-15H2,1-2H3. The Morgan fingerprint density at radius 1 is 1.19 bits per heavy atom. The molecule has 3 heteroatoms. The van der Waals surface area contributed by atoms with E-state index in [1.54, 1.807) is 0 Å². The SMILES string of the molecule is CCCNCC1(CN(CCO)C2CCC2)CCC(C)CC1. The van der Waals surface area contributed by atoms with E-state index in [9.17, 15) is 5.11 Å². The molecular weight excluding hydrogens is 260 g/mol. The molecule has 0 unspecified atom stereocenters. The van der Waals surface area contributed by atoms with Crippen LogP contribution in [0.1, 0.15) is 65.2 Å². The van der Waals surface area contributed by atoms with E-state index in [-0.39, 0.29) is 0 Å². The Labute approximate surface area is 131 Å². The molecule has 0 radical (unpaired) electrons. The molecule has 0 atom stereocenters. The molecule has 2 saturated carbocycles. The minimum atomic E-state index is 0.311. The lowest BCUT2D eigenvalue weighted by Gasteiger charge is -2.47. The van der Waals surface area contributed by atoms with E-state index in [0.29, 0.717) is 12.0 Å². The number of hydrogen-bond acceptors (Lipinski definition) is 3. The van der Waals surface area contributed by atoms with Crippen molar-refractivity contribution in [2.45, 2.75) is 71.3 Å². The Morgan fingerprint density at radius 3 is 2.43 bits per heavy atom. The molecule has 0 aliphatic heterocycles. The molecule has 0 aromatic heterocycles. The van der Waals surface area contributed by atoms with E-state index < -0.39 is 0 Å². The van der Waals surface area contributed by atoms with E-state index in [4.69, 9.17) is 0 Å². The van der Waals surface area contributed by atoms with Crippen molar-refractivity contribution < 1.29 is 5.11 Å². The number of nitrogens with zero attached hydrogens (tertiary/aromatic N) is 1. The van der Waals surface area contributed by atoms with Gasteiger partial charge in [-0.2, -0.15) is 0 Å². The third kappa shape index (κ3) is 4.94. The number of hydrogen-bond donors (Lipinski definition) is 2. The molecule has 0 amide bonds. The summed E-state index contributed by atoms with van der Waals surface area (Å²) in [6.07, 6.45) is 10.8. The molecule has 0 aromatic carbocycles. The van der Waals surface area contributed by atoms with Gasteiger partial charge in [0.15, 0.2) is 0 Å². The highest BCUT2D eigenvalue weighted by molar-refractivity contribution is 4.92. The van der Waals surface area contributed by atoms with Gasteiger partial charge in [0, 0.05) is 25.7 Å². The van der Waals surface area contributed by atoms with Crippen LogP contribution < -0.4 is 5.32 Å². The van der Waals surface area contributed by atoms with Crippen LogP contribution in [0.4, 0.5) is 0 Å². The van der Waals surface area contributed by atoms with Crippen LogP contribution in [0.3, 0.4) is 0 Å². The van der Waals surface area contributed by atoms with Gasteiger partial charge in [-0.05, 0) is 50.0 Å². The summed E-state index contributed by atoms with van der Waals surface area (Å²) < 4.78 is 0. The lowest BCUT2D eigenvalue weighted by atomic mass is 9.70. The molecule has 21 heavy (non-hydrogen) atoms. The maximum Gasteiger partial charge on any atom is 0.0558 e. The second-order valence-corrected chi connectivity index (χ2v) is 7.64. The highest BCUT2D eigenvalue weighted by atomic mass is 16.3. The van der Waals surface area contributed by atoms with Gasteiger partial charge in [-0.1, -0.05) is 33.1 Å². The first-order valence-electron chi connectivity index (χ1n) is 9.25. The Morgan fingerprint density at radius 2 is 1.90 bits per heavy atom. The summed E-state index contributed by atoms with van der Waals surface area (Å²) in [5.74, 6) is 0.902. The molecule has 124 valence electrons. The molecule has 0 bridgehead atoms. The second kappa shape index (κ2) is 8.50. The van der Waals surface area contributed by atoms with Crippen LogP contribution in [0.2, 0.25) is 0 Å². The van der Waals surface area contributed by atoms with Crippen LogP contribution in [0.5, 0.6) is 0 Å². The van der Waals surface area contributed by atoms with Crippen LogP contribution in [0, 0.1) is 11.3 Å². The molecule has 0 aromatic rings. The second-order valence-electron chi connectivity index (χ2n) is 7.64. The normalized spacial score (nSPS) is 30.6. The van der Waals surface area contributed by atoms with Gasteiger partial charge < -0.3 is 10.4 Å². The molecule has 3 nitrogen and oxygen atoms in total. The average Bonchev–Trinajstić information content (AvgIpc) is 2.41. The van der Waals surface area contributed by atoms with Crippen LogP contribution in [0.25, 0.3) is 0 Å². The summed E-state index contributed by atoms with van der Waals surface area (Å²) >= 11 is 0. The number of rotatable bonds is 9. The Hall–Kier alpha value is -0.120. The van der Waals surface area contributed by atoms with Crippen LogP contribution in [0.15, 0.2) is 0 Å². The first-order valence-corrected chi connectivity index (χ1v) is 9.25. The monoisotopic (exact) mass is 296 g/mol. The van der Waals surface area contributed by atoms with Gasteiger partial charge in [0.05, 0.1) is 6.61 Å². The highest BCUT2D eigenvalue weighted by Gasteiger charge is 2.37. The molecule has 2 aliphatic carbocycles. The van der Waals surface area contributed by atoms with Crippen LogP contribution in [-0.2, 0) is 0 Å². The third-order valence-electron chi connectivity index (χ3n) is 5.78. The number of aliphatic hydroxyl groups excluding tert-OH is 1. The Kier molecular flexibility index (Phi) is 6.97. The van der Waals surface area contributed by atoms with Gasteiger partial charge in [0.25, 0.3) is 0 Å². The van der Waals surface area contributed by atoms with Gasteiger partial charge in [0.1, 0.15) is 0 Å². The zero-order valence-electron chi connectivity index (χ0n) is 14.2. The van der Waals surface area contributed by atoms with Gasteiger partial charge in [-0.3, -0.25) is 4.90 Å². The fourth-order valence-corrected chi connectivity index (χ4v) is 4.00. The third-order valence-corrected chi connectivity index (χ3v) is 5.78. The molecular formula is C18H36N2O. The summed E-state index contributed by atoms with van der Waals surface area (Å²) in [4.78, 5) is 2.60. The van der Waals surface area contributed by atoms with Gasteiger partial charge >= 0.3 is 0 Å². The van der Waals surface area contributed by atoms with E-state index in [0.717, 1.165) is 25.0 Å². The van der Waals surface area contributed by atoms with Crippen molar-refractivity contribution in [1.29, 1.82) is 0 Å². The van der Waals surface area contributed by atoms with E-state index >= 15 is 0 Å². The number of nitrogens with one attached hydrogen (secondary N) is 1. The molecule has 2 aliphatic rings. The van der Waals surface area contributed by atoms with Crippen molar-refractivity contribution >= 4 is 0 Å². The largest absolute Gasteiger partial charge is 0.395 e. The van der Waals surface area contributed by atoms with Crippen molar-refractivity contribution in [2.75, 3.05) is 32.8 Å². The van der Waals surface area contributed by atoms with E-state index in [1.165, 1.54) is 64.5 Å². The summed E-state index contributed by atoms with van der Waals surface area (Å²) in [6.45, 7) is 9.33. The molecule has 0 heterocycles. The predicted octanol–water partition coefficient (Wildman–Crippen LogP) is 3.03. The summed E-state index contributed by atoms with van der Waals surface area (Å²) in [6, 6.07) is 0.750. The van der Waals surface area contributed by atoms with Crippen LogP contribution >= 0.6 is 0 Å². The minimum Gasteiger partial charge on any atom is -0.395 e. The summed E-state index contributed by atoms with van der Waals surface area (Å²) in [5, 5.41) is 13.1. The first kappa shape index (κ1) is 17.2. The minimum absolute atomic E-state index is 0.311. The maximum absolute atomic E-state index is 9.42. The molecule has 2 rings (SSSR count). The van der Waals surface area contributed by atoms with Crippen molar-refractivity contribution in [2.24, 2.45) is 11.3 Å². The van der Waals surface area contributed by atoms with E-state index in [1.807, 2.05) is 0 Å². The summed E-state index contributed by atoms with van der Waals surface area (Å²) in [5.41, 5.74) is 0.451. The number of aliphatic hydroxyl groups is 1. The molecule has 0 spiro atoms. The molecule has 2 N–H and O–H groups in total. The average molecular weight is 296 g/mol. The maximum atomic E-state index is 9.42. The molecule has 0 saturated heterocycles. The molecule has 2 fully saturated rings. The fraction of sp³-hybridized carbons (Fsp3) is 1.00. The van der Waals surface area contributed by atoms with Gasteiger partial charge in [-0.25, -0.2) is 0 Å².